The summed E-state index contributed by atoms with van der Waals surface area (Å²) in [4.78, 5) is 0. The van der Waals surface area contributed by atoms with Crippen LogP contribution in [0.15, 0.2) is 12.1 Å². The van der Waals surface area contributed by atoms with Crippen molar-refractivity contribution in [2.24, 2.45) is 5.41 Å². The van der Waals surface area contributed by atoms with E-state index < -0.39 is 0 Å². The van der Waals surface area contributed by atoms with Crippen molar-refractivity contribution in [1.82, 2.24) is 0 Å². The van der Waals surface area contributed by atoms with Crippen LogP contribution in [0.4, 0.5) is 0 Å². The van der Waals surface area contributed by atoms with E-state index in [9.17, 15) is 10.2 Å². The Hall–Kier alpha value is -1.06. The third kappa shape index (κ3) is 5.01. The number of methoxy groups -OCH3 is 1. The molecule has 3 heteroatoms. The van der Waals surface area contributed by atoms with Crippen molar-refractivity contribution in [3.05, 3.63) is 28.8 Å². The Morgan fingerprint density at radius 3 is 2.10 bits per heavy atom. The van der Waals surface area contributed by atoms with Crippen LogP contribution in [0.2, 0.25) is 0 Å². The maximum absolute atomic E-state index is 10.3. The second-order valence-electron chi connectivity index (χ2n) is 7.67. The first-order valence-electron chi connectivity index (χ1n) is 7.56. The summed E-state index contributed by atoms with van der Waals surface area (Å²) in [5.41, 5.74) is 2.99. The molecular formula is C18H30O3. The van der Waals surface area contributed by atoms with Crippen LogP contribution in [0.5, 0.6) is 5.75 Å². The molecule has 0 unspecified atom stereocenters. The molecule has 0 spiro atoms. The molecule has 0 aromatic heterocycles. The zero-order chi connectivity index (χ0) is 16.3. The average molecular weight is 294 g/mol. The van der Waals surface area contributed by atoms with Gasteiger partial charge in [0.2, 0.25) is 0 Å². The number of hydrogen-bond acceptors (Lipinski definition) is 3. The first kappa shape index (κ1) is 18.0. The second-order valence-corrected chi connectivity index (χ2v) is 7.67. The molecule has 0 aliphatic rings. The molecule has 1 aromatic carbocycles. The fourth-order valence-electron chi connectivity index (χ4n) is 3.16. The standard InChI is InChI=1S/C18H30O3/c1-17(2,3)12-18(4,5)15-9-13(7-8-19)16(20)14(10-15)11-21-6/h9-10,19-20H,7-8,11-12H2,1-6H3. The molecule has 1 aromatic rings. The number of phenolic OH excluding ortho intramolecular Hbond substituents is 1. The molecule has 2 N–H and O–H groups in total. The quantitative estimate of drug-likeness (QED) is 0.839. The van der Waals surface area contributed by atoms with E-state index in [0.29, 0.717) is 13.0 Å². The number of ether oxygens (including phenoxy) is 1. The fraction of sp³-hybridized carbons (Fsp3) is 0.667. The molecule has 0 saturated carbocycles. The first-order valence-corrected chi connectivity index (χ1v) is 7.56. The minimum atomic E-state index is -0.00134. The molecule has 0 saturated heterocycles. The Labute approximate surface area is 129 Å². The molecule has 21 heavy (non-hydrogen) atoms. The zero-order valence-corrected chi connectivity index (χ0v) is 14.3. The van der Waals surface area contributed by atoms with Gasteiger partial charge in [0.1, 0.15) is 5.75 Å². The maximum atomic E-state index is 10.3. The van der Waals surface area contributed by atoms with Crippen molar-refractivity contribution >= 4 is 0 Å². The van der Waals surface area contributed by atoms with Crippen LogP contribution in [-0.2, 0) is 23.2 Å². The Morgan fingerprint density at radius 2 is 1.62 bits per heavy atom. The highest BCUT2D eigenvalue weighted by molar-refractivity contribution is 5.45. The molecule has 1 rings (SSSR count). The van der Waals surface area contributed by atoms with E-state index in [1.54, 1.807) is 7.11 Å². The van der Waals surface area contributed by atoms with Gasteiger partial charge >= 0.3 is 0 Å². The summed E-state index contributed by atoms with van der Waals surface area (Å²) in [7, 11) is 1.62. The SMILES string of the molecule is COCc1cc(C(C)(C)CC(C)(C)C)cc(CCO)c1O. The topological polar surface area (TPSA) is 49.7 Å². The van der Waals surface area contributed by atoms with Crippen molar-refractivity contribution in [2.75, 3.05) is 13.7 Å². The average Bonchev–Trinajstić information content (AvgIpc) is 2.31. The third-order valence-electron chi connectivity index (χ3n) is 3.70. The van der Waals surface area contributed by atoms with Crippen molar-refractivity contribution in [2.45, 2.75) is 59.5 Å². The van der Waals surface area contributed by atoms with Gasteiger partial charge in [-0.1, -0.05) is 40.7 Å². The zero-order valence-electron chi connectivity index (χ0n) is 14.3. The number of rotatable bonds is 6. The molecule has 0 atom stereocenters. The Morgan fingerprint density at radius 1 is 1.05 bits per heavy atom. The van der Waals surface area contributed by atoms with Crippen molar-refractivity contribution < 1.29 is 14.9 Å². The van der Waals surface area contributed by atoms with E-state index in [2.05, 4.69) is 34.6 Å². The highest BCUT2D eigenvalue weighted by Crippen LogP contribution is 2.39. The molecule has 0 aliphatic heterocycles. The van der Waals surface area contributed by atoms with Gasteiger partial charge in [0.25, 0.3) is 0 Å². The predicted molar refractivity (Wildman–Crippen MR) is 86.7 cm³/mol. The molecule has 0 amide bonds. The van der Waals surface area contributed by atoms with Gasteiger partial charge < -0.3 is 14.9 Å². The van der Waals surface area contributed by atoms with Gasteiger partial charge in [0.05, 0.1) is 6.61 Å². The van der Waals surface area contributed by atoms with E-state index >= 15 is 0 Å². The van der Waals surface area contributed by atoms with Crippen molar-refractivity contribution in [3.63, 3.8) is 0 Å². The Kier molecular flexibility index (Phi) is 5.83. The van der Waals surface area contributed by atoms with Gasteiger partial charge in [-0.2, -0.15) is 0 Å². The predicted octanol–water partition coefficient (Wildman–Crippen LogP) is 3.79. The molecule has 3 nitrogen and oxygen atoms in total. The molecular weight excluding hydrogens is 264 g/mol. The lowest BCUT2D eigenvalue weighted by atomic mass is 9.71. The third-order valence-corrected chi connectivity index (χ3v) is 3.70. The number of benzene rings is 1. The van der Waals surface area contributed by atoms with Gasteiger partial charge in [-0.3, -0.25) is 0 Å². The van der Waals surface area contributed by atoms with E-state index in [1.165, 1.54) is 5.56 Å². The summed E-state index contributed by atoms with van der Waals surface area (Å²) in [6.45, 7) is 11.6. The number of aliphatic hydroxyl groups is 1. The van der Waals surface area contributed by atoms with Crippen molar-refractivity contribution in [3.8, 4) is 5.75 Å². The molecule has 0 bridgehead atoms. The van der Waals surface area contributed by atoms with E-state index in [0.717, 1.165) is 17.5 Å². The summed E-state index contributed by atoms with van der Waals surface area (Å²) >= 11 is 0. The lowest BCUT2D eigenvalue weighted by Crippen LogP contribution is -2.25. The second kappa shape index (κ2) is 6.80. The van der Waals surface area contributed by atoms with Crippen LogP contribution in [0.1, 0.15) is 57.7 Å². The van der Waals surface area contributed by atoms with Gasteiger partial charge in [-0.15, -0.1) is 0 Å². The number of phenols is 1. The Bertz CT molecular complexity index is 443. The van der Waals surface area contributed by atoms with Crippen LogP contribution < -0.4 is 0 Å². The van der Waals surface area contributed by atoms with Crippen LogP contribution in [0, 0.1) is 5.41 Å². The maximum Gasteiger partial charge on any atom is 0.124 e. The Balaban J connectivity index is 3.28. The van der Waals surface area contributed by atoms with Crippen LogP contribution >= 0.6 is 0 Å². The largest absolute Gasteiger partial charge is 0.507 e. The number of aliphatic hydroxyl groups excluding tert-OH is 1. The molecule has 0 aliphatic carbocycles. The van der Waals surface area contributed by atoms with Crippen LogP contribution in [0.3, 0.4) is 0 Å². The number of hydrogen-bond donors (Lipinski definition) is 2. The fourth-order valence-corrected chi connectivity index (χ4v) is 3.16. The molecule has 120 valence electrons. The van der Waals surface area contributed by atoms with E-state index in [-0.39, 0.29) is 23.2 Å². The summed E-state index contributed by atoms with van der Waals surface area (Å²) in [6, 6.07) is 4.06. The summed E-state index contributed by atoms with van der Waals surface area (Å²) in [5, 5.41) is 19.5. The van der Waals surface area contributed by atoms with Crippen LogP contribution in [0.25, 0.3) is 0 Å². The molecule has 0 heterocycles. The van der Waals surface area contributed by atoms with Gasteiger partial charge in [-0.25, -0.2) is 0 Å². The first-order chi connectivity index (χ1) is 9.60. The lowest BCUT2D eigenvalue weighted by Gasteiger charge is -2.33. The molecule has 0 fully saturated rings. The van der Waals surface area contributed by atoms with Gasteiger partial charge in [-0.05, 0) is 40.9 Å². The monoisotopic (exact) mass is 294 g/mol. The minimum absolute atomic E-state index is 0.00134. The highest BCUT2D eigenvalue weighted by Gasteiger charge is 2.28. The van der Waals surface area contributed by atoms with Gasteiger partial charge in [0.15, 0.2) is 0 Å². The normalized spacial score (nSPS) is 12.7. The van der Waals surface area contributed by atoms with Gasteiger partial charge in [0, 0.05) is 19.3 Å². The smallest absolute Gasteiger partial charge is 0.124 e. The number of aromatic hydroxyl groups is 1. The molecule has 0 radical (unpaired) electrons. The van der Waals surface area contributed by atoms with Crippen LogP contribution in [-0.4, -0.2) is 23.9 Å². The minimum Gasteiger partial charge on any atom is -0.507 e. The summed E-state index contributed by atoms with van der Waals surface area (Å²) in [5.74, 6) is 0.251. The summed E-state index contributed by atoms with van der Waals surface area (Å²) < 4.78 is 5.19. The lowest BCUT2D eigenvalue weighted by molar-refractivity contribution is 0.181. The highest BCUT2D eigenvalue weighted by atomic mass is 16.5. The van der Waals surface area contributed by atoms with E-state index in [4.69, 9.17) is 4.74 Å². The van der Waals surface area contributed by atoms with E-state index in [1.807, 2.05) is 12.1 Å². The summed E-state index contributed by atoms with van der Waals surface area (Å²) in [6.07, 6.45) is 1.50. The van der Waals surface area contributed by atoms with Crippen molar-refractivity contribution in [1.29, 1.82) is 0 Å².